The Morgan fingerprint density at radius 1 is 1.53 bits per heavy atom. The Bertz CT molecular complexity index is 515. The maximum Gasteiger partial charge on any atom is 0.195 e. The number of aromatic nitrogens is 2. The summed E-state index contributed by atoms with van der Waals surface area (Å²) in [4.78, 5) is 15.1. The zero-order valence-electron chi connectivity index (χ0n) is 8.32. The minimum Gasteiger partial charge on any atom is -0.298 e. The second-order valence-corrected chi connectivity index (χ2v) is 5.62. The van der Waals surface area contributed by atoms with Crippen molar-refractivity contribution in [2.24, 2.45) is 0 Å². The first-order valence-corrected chi connectivity index (χ1v) is 6.00. The van der Waals surface area contributed by atoms with E-state index >= 15 is 0 Å². The number of aryl methyl sites for hydroxylation is 1. The van der Waals surface area contributed by atoms with Gasteiger partial charge in [0.05, 0.1) is 9.98 Å². The summed E-state index contributed by atoms with van der Waals surface area (Å²) in [5, 5.41) is 0.880. The molecule has 0 unspecified atom stereocenters. The number of hydrogen-bond donors (Lipinski definition) is 0. The summed E-state index contributed by atoms with van der Waals surface area (Å²) in [6.45, 7) is 3.89. The summed E-state index contributed by atoms with van der Waals surface area (Å²) >= 11 is 4.92. The number of nitrogens with zero attached hydrogens (tertiary/aromatic N) is 2. The van der Waals surface area contributed by atoms with Crippen molar-refractivity contribution in [2.45, 2.75) is 13.8 Å². The van der Waals surface area contributed by atoms with Gasteiger partial charge in [0.2, 0.25) is 0 Å². The molecular weight excluding hydrogens is 276 g/mol. The molecule has 5 heteroatoms. The molecule has 0 fully saturated rings. The summed E-state index contributed by atoms with van der Waals surface area (Å²) in [6, 6.07) is 1.87. The molecule has 0 aliphatic heterocycles. The highest BCUT2D eigenvalue weighted by molar-refractivity contribution is 9.11. The van der Waals surface area contributed by atoms with Crippen LogP contribution in [0.4, 0.5) is 0 Å². The predicted octanol–water partition coefficient (Wildman–Crippen LogP) is 3.13. The van der Waals surface area contributed by atoms with Gasteiger partial charge in [0.15, 0.2) is 11.4 Å². The Balaban J connectivity index is 2.62. The lowest BCUT2D eigenvalue weighted by molar-refractivity contribution is 0.112. The first-order chi connectivity index (χ1) is 7.13. The number of carbonyl (C=O) groups excluding carboxylic acids is 1. The second-order valence-electron chi connectivity index (χ2n) is 3.23. The second kappa shape index (κ2) is 3.90. The van der Waals surface area contributed by atoms with Crippen molar-refractivity contribution in [1.82, 2.24) is 9.55 Å². The van der Waals surface area contributed by atoms with Crippen LogP contribution in [-0.2, 0) is 0 Å². The molecule has 0 saturated carbocycles. The van der Waals surface area contributed by atoms with Crippen LogP contribution in [0.3, 0.4) is 0 Å². The molecular formula is C10H9BrN2OS. The topological polar surface area (TPSA) is 34.9 Å². The van der Waals surface area contributed by atoms with Gasteiger partial charge in [-0.15, -0.1) is 0 Å². The van der Waals surface area contributed by atoms with Gasteiger partial charge < -0.3 is 0 Å². The van der Waals surface area contributed by atoms with E-state index in [1.54, 1.807) is 17.5 Å². The Labute approximate surface area is 99.9 Å². The lowest BCUT2D eigenvalue weighted by Gasteiger charge is -2.03. The molecule has 3 nitrogen and oxygen atoms in total. The molecule has 0 radical (unpaired) electrons. The number of carbonyl (C=O) groups is 1. The van der Waals surface area contributed by atoms with Gasteiger partial charge in [-0.25, -0.2) is 4.98 Å². The summed E-state index contributed by atoms with van der Waals surface area (Å²) in [6.07, 6.45) is 2.64. The van der Waals surface area contributed by atoms with Crippen molar-refractivity contribution in [1.29, 1.82) is 0 Å². The fourth-order valence-electron chi connectivity index (χ4n) is 1.55. The van der Waals surface area contributed by atoms with Crippen molar-refractivity contribution < 1.29 is 4.79 Å². The molecule has 15 heavy (non-hydrogen) atoms. The molecule has 0 aliphatic carbocycles. The van der Waals surface area contributed by atoms with Crippen molar-refractivity contribution >= 4 is 33.6 Å². The van der Waals surface area contributed by atoms with Crippen LogP contribution in [0.15, 0.2) is 16.0 Å². The standard InChI is InChI=1S/C10H9BrN2OS/c1-6-3-8(5-14)7(2)13(6)10-12-4-9(11)15-10/h3-5H,1-2H3. The van der Waals surface area contributed by atoms with Gasteiger partial charge in [-0.05, 0) is 35.8 Å². The van der Waals surface area contributed by atoms with Crippen LogP contribution in [0.1, 0.15) is 21.7 Å². The number of halogens is 1. The Morgan fingerprint density at radius 3 is 2.73 bits per heavy atom. The fraction of sp³-hybridized carbons (Fsp3) is 0.200. The van der Waals surface area contributed by atoms with Gasteiger partial charge >= 0.3 is 0 Å². The summed E-state index contributed by atoms with van der Waals surface area (Å²) in [7, 11) is 0. The van der Waals surface area contributed by atoms with Crippen LogP contribution < -0.4 is 0 Å². The third-order valence-electron chi connectivity index (χ3n) is 2.25. The fourth-order valence-corrected chi connectivity index (χ4v) is 2.84. The average molecular weight is 285 g/mol. The van der Waals surface area contributed by atoms with Crippen molar-refractivity contribution in [3.05, 3.63) is 33.0 Å². The summed E-state index contributed by atoms with van der Waals surface area (Å²) in [5.74, 6) is 0. The molecule has 0 N–H and O–H groups in total. The zero-order chi connectivity index (χ0) is 11.0. The van der Waals surface area contributed by atoms with E-state index in [0.29, 0.717) is 0 Å². The third kappa shape index (κ3) is 1.77. The molecule has 0 atom stereocenters. The quantitative estimate of drug-likeness (QED) is 0.795. The molecule has 2 aromatic rings. The van der Waals surface area contributed by atoms with Crippen molar-refractivity contribution in [3.8, 4) is 5.13 Å². The molecule has 2 aromatic heterocycles. The average Bonchev–Trinajstić information content (AvgIpc) is 2.71. The Morgan fingerprint density at radius 2 is 2.27 bits per heavy atom. The summed E-state index contributed by atoms with van der Waals surface area (Å²) in [5.41, 5.74) is 2.68. The highest BCUT2D eigenvalue weighted by atomic mass is 79.9. The molecule has 0 aliphatic rings. The maximum atomic E-state index is 10.8. The minimum absolute atomic E-state index is 0.721. The predicted molar refractivity (Wildman–Crippen MR) is 64.0 cm³/mol. The number of thiazole rings is 1. The Kier molecular flexibility index (Phi) is 2.75. The van der Waals surface area contributed by atoms with Gasteiger partial charge in [-0.3, -0.25) is 9.36 Å². The van der Waals surface area contributed by atoms with Gasteiger partial charge in [-0.2, -0.15) is 0 Å². The van der Waals surface area contributed by atoms with Crippen LogP contribution in [0.2, 0.25) is 0 Å². The van der Waals surface area contributed by atoms with Crippen LogP contribution in [-0.4, -0.2) is 15.8 Å². The first-order valence-electron chi connectivity index (χ1n) is 4.39. The van der Waals surface area contributed by atoms with Crippen molar-refractivity contribution in [3.63, 3.8) is 0 Å². The van der Waals surface area contributed by atoms with E-state index in [-0.39, 0.29) is 0 Å². The van der Waals surface area contributed by atoms with E-state index in [0.717, 1.165) is 32.2 Å². The number of hydrogen-bond acceptors (Lipinski definition) is 3. The van der Waals surface area contributed by atoms with E-state index in [4.69, 9.17) is 0 Å². The molecule has 2 rings (SSSR count). The smallest absolute Gasteiger partial charge is 0.195 e. The molecule has 0 bridgehead atoms. The van der Waals surface area contributed by atoms with Gasteiger partial charge in [-0.1, -0.05) is 11.3 Å². The molecule has 2 heterocycles. The molecule has 78 valence electrons. The third-order valence-corrected chi connectivity index (χ3v) is 3.72. The van der Waals surface area contributed by atoms with Gasteiger partial charge in [0.25, 0.3) is 0 Å². The van der Waals surface area contributed by atoms with E-state index in [1.807, 2.05) is 24.5 Å². The van der Waals surface area contributed by atoms with E-state index < -0.39 is 0 Å². The minimum atomic E-state index is 0.721. The molecule has 0 aromatic carbocycles. The van der Waals surface area contributed by atoms with Crippen molar-refractivity contribution in [2.75, 3.05) is 0 Å². The monoisotopic (exact) mass is 284 g/mol. The Hall–Kier alpha value is -0.940. The first kappa shape index (κ1) is 10.6. The highest BCUT2D eigenvalue weighted by Crippen LogP contribution is 2.26. The van der Waals surface area contributed by atoms with Crippen LogP contribution in [0.5, 0.6) is 0 Å². The highest BCUT2D eigenvalue weighted by Gasteiger charge is 2.12. The van der Waals surface area contributed by atoms with Crippen LogP contribution in [0, 0.1) is 13.8 Å². The van der Waals surface area contributed by atoms with E-state index in [1.165, 1.54) is 0 Å². The number of aldehydes is 1. The molecule has 0 saturated heterocycles. The molecule has 0 spiro atoms. The maximum absolute atomic E-state index is 10.8. The zero-order valence-corrected chi connectivity index (χ0v) is 10.7. The normalized spacial score (nSPS) is 10.6. The van der Waals surface area contributed by atoms with E-state index in [2.05, 4.69) is 20.9 Å². The SMILES string of the molecule is Cc1cc(C=O)c(C)n1-c1ncc(Br)s1. The molecule has 0 amide bonds. The van der Waals surface area contributed by atoms with Gasteiger partial charge in [0.1, 0.15) is 0 Å². The van der Waals surface area contributed by atoms with Gasteiger partial charge in [0, 0.05) is 17.0 Å². The lowest BCUT2D eigenvalue weighted by Crippen LogP contribution is -1.98. The lowest BCUT2D eigenvalue weighted by atomic mass is 10.3. The summed E-state index contributed by atoms with van der Waals surface area (Å²) < 4.78 is 2.97. The van der Waals surface area contributed by atoms with Crippen LogP contribution in [0.25, 0.3) is 5.13 Å². The van der Waals surface area contributed by atoms with Crippen LogP contribution >= 0.6 is 27.3 Å². The largest absolute Gasteiger partial charge is 0.298 e. The van der Waals surface area contributed by atoms with E-state index in [9.17, 15) is 4.79 Å². The number of rotatable bonds is 2.